The monoisotopic (exact) mass is 729 g/mol. The molecule has 2 heterocycles. The van der Waals surface area contributed by atoms with Gasteiger partial charge in [-0.2, -0.15) is 0 Å². The number of rotatable bonds is 7. The van der Waals surface area contributed by atoms with Crippen molar-refractivity contribution in [3.05, 3.63) is 117 Å². The van der Waals surface area contributed by atoms with Gasteiger partial charge in [0.05, 0.1) is 39.1 Å². The Kier molecular flexibility index (Phi) is 8.57. The van der Waals surface area contributed by atoms with Crippen LogP contribution >= 0.6 is 49.9 Å². The lowest BCUT2D eigenvalue weighted by Gasteiger charge is -2.25. The maximum absolute atomic E-state index is 14.0. The molecule has 0 bridgehead atoms. The van der Waals surface area contributed by atoms with Gasteiger partial charge < -0.3 is 14.8 Å². The molecule has 1 aliphatic rings. The van der Waals surface area contributed by atoms with E-state index in [9.17, 15) is 9.59 Å². The molecule has 0 saturated heterocycles. The molecule has 0 aliphatic carbocycles. The zero-order valence-corrected chi connectivity index (χ0v) is 26.5. The number of nitrogens with zero attached hydrogens (tertiary/aromatic N) is 2. The van der Waals surface area contributed by atoms with Crippen molar-refractivity contribution in [3.8, 4) is 11.5 Å². The molecule has 0 spiro atoms. The van der Waals surface area contributed by atoms with E-state index in [-0.39, 0.29) is 11.5 Å². The van der Waals surface area contributed by atoms with Crippen LogP contribution in [0, 0.1) is 3.57 Å². The Balaban J connectivity index is 1.69. The maximum atomic E-state index is 14.0. The van der Waals surface area contributed by atoms with Gasteiger partial charge in [0.25, 0.3) is 11.5 Å². The lowest BCUT2D eigenvalue weighted by Crippen LogP contribution is -2.40. The molecule has 40 heavy (non-hydrogen) atoms. The van der Waals surface area contributed by atoms with E-state index in [0.29, 0.717) is 44.4 Å². The van der Waals surface area contributed by atoms with E-state index in [1.54, 1.807) is 18.6 Å². The predicted molar refractivity (Wildman–Crippen MR) is 170 cm³/mol. The van der Waals surface area contributed by atoms with Crippen LogP contribution in [0.15, 0.2) is 92.3 Å². The molecule has 0 unspecified atom stereocenters. The van der Waals surface area contributed by atoms with Gasteiger partial charge in [0, 0.05) is 15.7 Å². The third-order valence-corrected chi connectivity index (χ3v) is 8.57. The number of anilines is 1. The van der Waals surface area contributed by atoms with E-state index in [0.717, 1.165) is 19.2 Å². The molecule has 1 aromatic heterocycles. The zero-order valence-electron chi connectivity index (χ0n) is 21.9. The number of benzene rings is 3. The Morgan fingerprint density at radius 2 is 1.90 bits per heavy atom. The first-order valence-corrected chi connectivity index (χ1v) is 15.1. The summed E-state index contributed by atoms with van der Waals surface area (Å²) in [5.74, 6) is 1.08. The third-order valence-electron chi connectivity index (χ3n) is 6.33. The number of carbonyl (C=O) groups excluding carboxylic acids is 1. The molecular weight excluding hydrogens is 705 g/mol. The Hall–Kier alpha value is -3.22. The molecule has 0 fully saturated rings. The second-order valence-corrected chi connectivity index (χ2v) is 12.0. The third kappa shape index (κ3) is 5.65. The normalized spacial score (nSPS) is 14.9. The highest BCUT2D eigenvalue weighted by Crippen LogP contribution is 2.33. The highest BCUT2D eigenvalue weighted by Gasteiger charge is 2.32. The van der Waals surface area contributed by atoms with Crippen LogP contribution in [0.2, 0.25) is 0 Å². The van der Waals surface area contributed by atoms with Crippen LogP contribution in [-0.2, 0) is 4.79 Å². The van der Waals surface area contributed by atoms with Gasteiger partial charge in [-0.1, -0.05) is 57.6 Å². The first-order chi connectivity index (χ1) is 19.3. The average Bonchev–Trinajstić information content (AvgIpc) is 3.23. The lowest BCUT2D eigenvalue weighted by atomic mass is 9.95. The van der Waals surface area contributed by atoms with E-state index in [4.69, 9.17) is 14.5 Å². The van der Waals surface area contributed by atoms with E-state index in [1.807, 2.05) is 79.7 Å². The molecule has 1 atom stereocenters. The van der Waals surface area contributed by atoms with Crippen molar-refractivity contribution >= 4 is 67.5 Å². The lowest BCUT2D eigenvalue weighted by molar-refractivity contribution is -0.113. The Morgan fingerprint density at radius 1 is 1.18 bits per heavy atom. The van der Waals surface area contributed by atoms with Crippen LogP contribution in [-0.4, -0.2) is 24.2 Å². The Morgan fingerprint density at radius 3 is 2.58 bits per heavy atom. The number of halogens is 2. The van der Waals surface area contributed by atoms with Crippen molar-refractivity contribution in [1.29, 1.82) is 0 Å². The van der Waals surface area contributed by atoms with Gasteiger partial charge in [0.1, 0.15) is 11.5 Å². The van der Waals surface area contributed by atoms with Gasteiger partial charge in [0.2, 0.25) is 0 Å². The number of hydrogen-bond acceptors (Lipinski definition) is 6. The summed E-state index contributed by atoms with van der Waals surface area (Å²) in [6.45, 7) is 4.26. The number of ether oxygens (including phenoxy) is 2. The first-order valence-electron chi connectivity index (χ1n) is 12.5. The number of thiazole rings is 1. The van der Waals surface area contributed by atoms with Gasteiger partial charge in [-0.25, -0.2) is 4.99 Å². The maximum Gasteiger partial charge on any atom is 0.271 e. The van der Waals surface area contributed by atoms with E-state index >= 15 is 0 Å². The zero-order chi connectivity index (χ0) is 28.4. The standard InChI is InChI=1S/C30H25BrIN3O4S/c1-4-39-22-12-10-18(11-13-22)26-25(28(36)34-21-8-6-5-7-9-21)17(2)33-30-35(26)29(37)24(40-30)15-19-14-20(31)16-23(32)27(19)38-3/h5-16,26H,4H2,1-3H3,(H,34,36)/b24-15-/t26-/m0/s1. The van der Waals surface area contributed by atoms with Gasteiger partial charge in [-0.15, -0.1) is 0 Å². The molecule has 0 saturated carbocycles. The summed E-state index contributed by atoms with van der Waals surface area (Å²) in [5.41, 5.74) is 2.92. The van der Waals surface area contributed by atoms with Crippen LogP contribution < -0.4 is 29.7 Å². The van der Waals surface area contributed by atoms with Crippen molar-refractivity contribution in [2.75, 3.05) is 19.0 Å². The van der Waals surface area contributed by atoms with Gasteiger partial charge in [-0.3, -0.25) is 14.2 Å². The van der Waals surface area contributed by atoms with Crippen molar-refractivity contribution in [3.63, 3.8) is 0 Å². The first kappa shape index (κ1) is 28.3. The molecule has 10 heteroatoms. The second-order valence-electron chi connectivity index (χ2n) is 8.91. The van der Waals surface area contributed by atoms with Crippen molar-refractivity contribution in [2.45, 2.75) is 19.9 Å². The molecule has 1 amide bonds. The fourth-order valence-corrected chi connectivity index (χ4v) is 7.41. The summed E-state index contributed by atoms with van der Waals surface area (Å²) in [7, 11) is 1.61. The van der Waals surface area contributed by atoms with Gasteiger partial charge in [0.15, 0.2) is 4.80 Å². The number of hydrogen-bond donors (Lipinski definition) is 1. The molecular formula is C30H25BrIN3O4S. The van der Waals surface area contributed by atoms with E-state index < -0.39 is 6.04 Å². The number of methoxy groups -OCH3 is 1. The number of carbonyl (C=O) groups is 1. The molecule has 4 aromatic rings. The van der Waals surface area contributed by atoms with E-state index in [2.05, 4.69) is 43.8 Å². The number of aromatic nitrogens is 1. The summed E-state index contributed by atoms with van der Waals surface area (Å²) < 4.78 is 15.1. The van der Waals surface area contributed by atoms with Crippen molar-refractivity contribution < 1.29 is 14.3 Å². The minimum absolute atomic E-state index is 0.239. The summed E-state index contributed by atoms with van der Waals surface area (Å²) in [6.07, 6.45) is 1.81. The SMILES string of the molecule is CCOc1ccc([C@H]2C(C(=O)Nc3ccccc3)=C(C)N=c3s/c(=C\c4cc(Br)cc(I)c4OC)c(=O)n32)cc1. The molecule has 0 radical (unpaired) electrons. The summed E-state index contributed by atoms with van der Waals surface area (Å²) in [4.78, 5) is 33.0. The molecule has 204 valence electrons. The number of para-hydroxylation sites is 1. The van der Waals surface area contributed by atoms with Crippen LogP contribution in [0.1, 0.15) is 31.0 Å². The fourth-order valence-electron chi connectivity index (χ4n) is 4.60. The van der Waals surface area contributed by atoms with Crippen molar-refractivity contribution in [2.24, 2.45) is 4.99 Å². The molecule has 1 N–H and O–H groups in total. The van der Waals surface area contributed by atoms with Crippen molar-refractivity contribution in [1.82, 2.24) is 4.57 Å². The highest BCUT2D eigenvalue weighted by atomic mass is 127. The van der Waals surface area contributed by atoms with Crippen LogP contribution in [0.5, 0.6) is 11.5 Å². The molecule has 3 aromatic carbocycles. The van der Waals surface area contributed by atoms with Gasteiger partial charge in [-0.05, 0) is 84.5 Å². The molecule has 1 aliphatic heterocycles. The number of fused-ring (bicyclic) bond motifs is 1. The van der Waals surface area contributed by atoms with Gasteiger partial charge >= 0.3 is 0 Å². The largest absolute Gasteiger partial charge is 0.495 e. The number of nitrogens with one attached hydrogen (secondary N) is 1. The molecule has 5 rings (SSSR count). The van der Waals surface area contributed by atoms with Crippen LogP contribution in [0.25, 0.3) is 6.08 Å². The summed E-state index contributed by atoms with van der Waals surface area (Å²) >= 11 is 7.03. The smallest absolute Gasteiger partial charge is 0.271 e. The molecule has 7 nitrogen and oxygen atoms in total. The Bertz CT molecular complexity index is 1800. The summed E-state index contributed by atoms with van der Waals surface area (Å²) in [5, 5.41) is 2.97. The highest BCUT2D eigenvalue weighted by molar-refractivity contribution is 14.1. The minimum Gasteiger partial charge on any atom is -0.495 e. The number of amides is 1. The average molecular weight is 730 g/mol. The van der Waals surface area contributed by atoms with Crippen LogP contribution in [0.3, 0.4) is 0 Å². The quantitative estimate of drug-likeness (QED) is 0.250. The predicted octanol–water partition coefficient (Wildman–Crippen LogP) is 5.65. The number of allylic oxidation sites excluding steroid dienone is 1. The Labute approximate surface area is 257 Å². The minimum atomic E-state index is -0.678. The van der Waals surface area contributed by atoms with E-state index in [1.165, 1.54) is 11.3 Å². The topological polar surface area (TPSA) is 81.9 Å². The fraction of sp³-hybridized carbons (Fsp3) is 0.167. The summed E-state index contributed by atoms with van der Waals surface area (Å²) in [6, 6.07) is 19.9. The van der Waals surface area contributed by atoms with Crippen LogP contribution in [0.4, 0.5) is 5.69 Å². The second kappa shape index (κ2) is 12.1.